The number of nitrogens with zero attached hydrogens (tertiary/aromatic N) is 1. The molecule has 0 N–H and O–H groups in total. The predicted octanol–water partition coefficient (Wildman–Crippen LogP) is 0.797. The maximum absolute atomic E-state index is 10.7. The second kappa shape index (κ2) is 9.50. The maximum Gasteiger partial charge on any atom is 0.485 e. The Hall–Kier alpha value is -0.420. The molecule has 0 aliphatic heterocycles. The number of hydrogen-bond acceptors (Lipinski definition) is 5. The zero-order chi connectivity index (χ0) is 16.4. The van der Waals surface area contributed by atoms with Crippen LogP contribution in [-0.4, -0.2) is 77.1 Å². The summed E-state index contributed by atoms with van der Waals surface area (Å²) >= 11 is 0. The minimum Gasteiger partial charge on any atom is -0.741 e. The molecule has 0 saturated carbocycles. The lowest BCUT2D eigenvalue weighted by Gasteiger charge is -2.32. The molecule has 0 aliphatic rings. The van der Waals surface area contributed by atoms with Crippen molar-refractivity contribution in [3.05, 3.63) is 0 Å². The smallest absolute Gasteiger partial charge is 0.485 e. The van der Waals surface area contributed by atoms with E-state index in [4.69, 9.17) is 22.4 Å². The van der Waals surface area contributed by atoms with Crippen LogP contribution < -0.4 is 0 Å². The lowest BCUT2D eigenvalue weighted by atomic mass is 10.4. The summed E-state index contributed by atoms with van der Waals surface area (Å²) in [7, 11) is -0.363. The first-order valence-electron chi connectivity index (χ1n) is 5.77. The minimum absolute atomic E-state index is 0.827. The Morgan fingerprint density at radius 3 is 1.55 bits per heavy atom. The van der Waals surface area contributed by atoms with E-state index < -0.39 is 15.6 Å². The quantitative estimate of drug-likeness (QED) is 0.393. The van der Waals surface area contributed by atoms with E-state index in [1.54, 1.807) is 14.2 Å². The lowest BCUT2D eigenvalue weighted by Crippen LogP contribution is -2.48. The Morgan fingerprint density at radius 2 is 1.40 bits per heavy atom. The molecule has 0 fully saturated rings. The number of rotatable bonds is 7. The van der Waals surface area contributed by atoms with Gasteiger partial charge in [0.2, 0.25) is 0 Å². The lowest BCUT2D eigenvalue weighted by molar-refractivity contribution is -0.908. The molecule has 0 atom stereocenters. The van der Waals surface area contributed by atoms with Crippen LogP contribution in [0.15, 0.2) is 0 Å². The second-order valence-electron chi connectivity index (χ2n) is 4.27. The third-order valence-electron chi connectivity index (χ3n) is 2.72. The molecule has 0 unspecified atom stereocenters. The van der Waals surface area contributed by atoms with Crippen LogP contribution in [0.4, 0.5) is 13.2 Å². The number of hydrogen-bond donors (Lipinski definition) is 0. The van der Waals surface area contributed by atoms with Gasteiger partial charge in [-0.1, -0.05) is 0 Å². The van der Waals surface area contributed by atoms with E-state index in [1.807, 2.05) is 0 Å². The van der Waals surface area contributed by atoms with Crippen molar-refractivity contribution >= 4 is 10.1 Å². The highest BCUT2D eigenvalue weighted by atomic mass is 32.2. The van der Waals surface area contributed by atoms with Crippen LogP contribution in [0.1, 0.15) is 6.92 Å². The number of quaternary nitrogens is 1. The molecular weight excluding hydrogens is 303 g/mol. The number of likely N-dealkylation sites (N-methyl/N-ethyl adjacent to an activating group) is 1. The summed E-state index contributed by atoms with van der Waals surface area (Å²) in [5.41, 5.74) is -5.65. The van der Waals surface area contributed by atoms with E-state index in [0.29, 0.717) is 0 Å². The Bertz CT molecular complexity index is 337. The first-order chi connectivity index (χ1) is 8.93. The molecule has 0 amide bonds. The summed E-state index contributed by atoms with van der Waals surface area (Å²) in [4.78, 5) is 0. The van der Waals surface area contributed by atoms with Gasteiger partial charge in [-0.2, -0.15) is 13.2 Å². The number of methoxy groups -OCH3 is 2. The number of halogens is 3. The van der Waals surface area contributed by atoms with Crippen LogP contribution in [0.2, 0.25) is 0 Å². The van der Waals surface area contributed by atoms with Crippen molar-refractivity contribution in [3.63, 3.8) is 0 Å². The highest BCUT2D eigenvalue weighted by molar-refractivity contribution is 7.86. The van der Waals surface area contributed by atoms with E-state index in [9.17, 15) is 13.2 Å². The Labute approximate surface area is 117 Å². The third kappa shape index (κ3) is 10.4. The number of ether oxygens (including phenoxy) is 2. The van der Waals surface area contributed by atoms with E-state index in [-0.39, 0.29) is 0 Å². The van der Waals surface area contributed by atoms with Gasteiger partial charge in [0.15, 0.2) is 10.1 Å². The molecule has 0 rings (SSSR count). The summed E-state index contributed by atoms with van der Waals surface area (Å²) in [6, 6.07) is 0. The van der Waals surface area contributed by atoms with Crippen molar-refractivity contribution in [3.8, 4) is 0 Å². The van der Waals surface area contributed by atoms with Gasteiger partial charge >= 0.3 is 5.51 Å². The van der Waals surface area contributed by atoms with E-state index in [1.165, 1.54) is 0 Å². The average molecular weight is 325 g/mol. The molecule has 6 nitrogen and oxygen atoms in total. The van der Waals surface area contributed by atoms with Gasteiger partial charge < -0.3 is 18.5 Å². The maximum atomic E-state index is 10.7. The molecule has 0 aromatic rings. The zero-order valence-electron chi connectivity index (χ0n) is 12.1. The molecule has 0 aromatic carbocycles. The predicted molar refractivity (Wildman–Crippen MR) is 66.0 cm³/mol. The summed E-state index contributed by atoms with van der Waals surface area (Å²) in [5, 5.41) is 0. The van der Waals surface area contributed by atoms with Crippen molar-refractivity contribution in [1.29, 1.82) is 0 Å². The van der Waals surface area contributed by atoms with Gasteiger partial charge in [-0.3, -0.25) is 0 Å². The molecule has 0 aromatic heterocycles. The Morgan fingerprint density at radius 1 is 1.10 bits per heavy atom. The third-order valence-corrected chi connectivity index (χ3v) is 3.28. The van der Waals surface area contributed by atoms with Crippen molar-refractivity contribution in [2.45, 2.75) is 12.4 Å². The molecule has 124 valence electrons. The minimum atomic E-state index is -6.09. The molecule has 0 spiro atoms. The fourth-order valence-electron chi connectivity index (χ4n) is 1.05. The summed E-state index contributed by atoms with van der Waals surface area (Å²) in [6.07, 6.45) is 0. The van der Waals surface area contributed by atoms with Crippen LogP contribution >= 0.6 is 0 Å². The molecule has 0 aliphatic carbocycles. The van der Waals surface area contributed by atoms with Crippen molar-refractivity contribution in [1.82, 2.24) is 0 Å². The van der Waals surface area contributed by atoms with Gasteiger partial charge in [-0.05, 0) is 6.92 Å². The standard InChI is InChI=1S/C9H22NO2.CHF3O3S/c1-5-10(2,6-8-11-3)7-9-12-4;2-1(3,4)8(5,6)7/h5-9H2,1-4H3;(H,5,6,7)/q+1;/p-1. The van der Waals surface area contributed by atoms with Gasteiger partial charge in [-0.25, -0.2) is 8.42 Å². The first-order valence-corrected chi connectivity index (χ1v) is 7.18. The second-order valence-corrected chi connectivity index (χ2v) is 5.64. The van der Waals surface area contributed by atoms with Crippen LogP contribution in [0, 0.1) is 0 Å². The van der Waals surface area contributed by atoms with E-state index in [2.05, 4.69) is 14.0 Å². The monoisotopic (exact) mass is 325 g/mol. The van der Waals surface area contributed by atoms with Crippen molar-refractivity contribution in [2.75, 3.05) is 54.1 Å². The first kappa shape index (κ1) is 21.9. The molecule has 0 bridgehead atoms. The van der Waals surface area contributed by atoms with Gasteiger partial charge in [0.05, 0.1) is 26.8 Å². The van der Waals surface area contributed by atoms with Gasteiger partial charge in [0.1, 0.15) is 13.1 Å². The fraction of sp³-hybridized carbons (Fsp3) is 1.00. The van der Waals surface area contributed by atoms with E-state index >= 15 is 0 Å². The number of alkyl halides is 3. The average Bonchev–Trinajstić information content (AvgIpc) is 2.32. The topological polar surface area (TPSA) is 75.7 Å². The highest BCUT2D eigenvalue weighted by Gasteiger charge is 2.36. The molecule has 0 radical (unpaired) electrons. The fourth-order valence-corrected chi connectivity index (χ4v) is 1.05. The molecule has 20 heavy (non-hydrogen) atoms. The van der Waals surface area contributed by atoms with Gasteiger partial charge in [-0.15, -0.1) is 0 Å². The molecule has 0 saturated heterocycles. The zero-order valence-corrected chi connectivity index (χ0v) is 12.9. The largest absolute Gasteiger partial charge is 0.741 e. The normalized spacial score (nSPS) is 12.8. The molecular formula is C10H22F3NO5S. The van der Waals surface area contributed by atoms with Crippen LogP contribution in [0.5, 0.6) is 0 Å². The van der Waals surface area contributed by atoms with Crippen molar-refractivity contribution < 1.29 is 40.1 Å². The highest BCUT2D eigenvalue weighted by Crippen LogP contribution is 2.20. The summed E-state index contributed by atoms with van der Waals surface area (Å²) in [6.45, 7) is 7.12. The molecule has 10 heteroatoms. The Balaban J connectivity index is 0. The van der Waals surface area contributed by atoms with Gasteiger partial charge in [0.25, 0.3) is 0 Å². The van der Waals surface area contributed by atoms with Crippen LogP contribution in [-0.2, 0) is 19.6 Å². The van der Waals surface area contributed by atoms with Crippen molar-refractivity contribution in [2.24, 2.45) is 0 Å². The van der Waals surface area contributed by atoms with Crippen LogP contribution in [0.3, 0.4) is 0 Å². The van der Waals surface area contributed by atoms with E-state index in [0.717, 1.165) is 37.3 Å². The molecule has 0 heterocycles. The van der Waals surface area contributed by atoms with Crippen LogP contribution in [0.25, 0.3) is 0 Å². The Kier molecular flexibility index (Phi) is 10.4. The summed E-state index contributed by atoms with van der Waals surface area (Å²) in [5.74, 6) is 0. The summed E-state index contributed by atoms with van der Waals surface area (Å²) < 4.78 is 70.1. The van der Waals surface area contributed by atoms with Gasteiger partial charge in [0, 0.05) is 14.2 Å². The SMILES string of the molecule is CC[N+](C)(CCOC)CCOC.O=S(=O)([O-])C(F)(F)F.